The summed E-state index contributed by atoms with van der Waals surface area (Å²) in [4.78, 5) is 14.4. The van der Waals surface area contributed by atoms with Crippen molar-refractivity contribution in [1.29, 1.82) is 0 Å². The molecule has 0 N–H and O–H groups in total. The van der Waals surface area contributed by atoms with E-state index in [-0.39, 0.29) is 12.4 Å². The van der Waals surface area contributed by atoms with Gasteiger partial charge in [0.05, 0.1) is 5.02 Å². The SMILES string of the molecule is Cc1cc(C(=O)/C=C/c2ccc(COc3c(C)cccc3Cl)o2)c(C)s1. The minimum Gasteiger partial charge on any atom is -0.484 e. The Kier molecular flexibility index (Phi) is 5.64. The number of benzene rings is 1. The van der Waals surface area contributed by atoms with Gasteiger partial charge in [-0.2, -0.15) is 0 Å². The van der Waals surface area contributed by atoms with Crippen molar-refractivity contribution in [2.75, 3.05) is 0 Å². The maximum atomic E-state index is 12.3. The number of para-hydroxylation sites is 1. The molecule has 0 saturated heterocycles. The van der Waals surface area contributed by atoms with Crippen LogP contribution in [0, 0.1) is 20.8 Å². The Hall–Kier alpha value is -2.30. The summed E-state index contributed by atoms with van der Waals surface area (Å²) in [7, 11) is 0. The first-order valence-corrected chi connectivity index (χ1v) is 9.39. The monoisotopic (exact) mass is 386 g/mol. The number of ketones is 1. The van der Waals surface area contributed by atoms with Gasteiger partial charge in [-0.15, -0.1) is 11.3 Å². The largest absolute Gasteiger partial charge is 0.484 e. The number of rotatable bonds is 6. The second-order valence-corrected chi connectivity index (χ2v) is 7.87. The maximum Gasteiger partial charge on any atom is 0.187 e. The summed E-state index contributed by atoms with van der Waals surface area (Å²) in [5, 5.41) is 0.573. The molecular formula is C21H19ClO3S. The molecule has 0 aliphatic heterocycles. The third kappa shape index (κ3) is 4.26. The number of ether oxygens (including phenoxy) is 1. The van der Waals surface area contributed by atoms with Crippen LogP contribution in [0.1, 0.15) is 37.2 Å². The van der Waals surface area contributed by atoms with E-state index >= 15 is 0 Å². The molecule has 5 heteroatoms. The van der Waals surface area contributed by atoms with Crippen molar-refractivity contribution in [1.82, 2.24) is 0 Å². The van der Waals surface area contributed by atoms with Crippen LogP contribution in [0.5, 0.6) is 5.75 Å². The summed E-state index contributed by atoms with van der Waals surface area (Å²) < 4.78 is 11.5. The van der Waals surface area contributed by atoms with Crippen LogP contribution < -0.4 is 4.74 Å². The molecule has 0 saturated carbocycles. The standard InChI is InChI=1S/C21H19ClO3S/c1-13-5-4-6-19(22)21(13)24-12-17-8-7-16(25-17)9-10-20(23)18-11-14(2)26-15(18)3/h4-11H,12H2,1-3H3/b10-9+. The van der Waals surface area contributed by atoms with Gasteiger partial charge < -0.3 is 9.15 Å². The lowest BCUT2D eigenvalue weighted by Crippen LogP contribution is -1.96. The number of carbonyl (C=O) groups excluding carboxylic acids is 1. The number of allylic oxidation sites excluding steroid dienone is 1. The van der Waals surface area contributed by atoms with Crippen molar-refractivity contribution in [2.24, 2.45) is 0 Å². The van der Waals surface area contributed by atoms with Crippen LogP contribution >= 0.6 is 22.9 Å². The normalized spacial score (nSPS) is 11.2. The zero-order chi connectivity index (χ0) is 18.7. The molecule has 0 unspecified atom stereocenters. The van der Waals surface area contributed by atoms with Gasteiger partial charge in [0, 0.05) is 15.3 Å². The minimum atomic E-state index is -0.0206. The highest BCUT2D eigenvalue weighted by Gasteiger charge is 2.10. The predicted octanol–water partition coefficient (Wildman–Crippen LogP) is 6.39. The number of thiophene rings is 1. The third-order valence-corrected chi connectivity index (χ3v) is 5.17. The predicted molar refractivity (Wildman–Crippen MR) is 106 cm³/mol. The van der Waals surface area contributed by atoms with E-state index in [1.807, 2.05) is 51.1 Å². The summed E-state index contributed by atoms with van der Waals surface area (Å²) in [5.41, 5.74) is 1.71. The molecule has 2 aromatic heterocycles. The molecule has 0 bridgehead atoms. The van der Waals surface area contributed by atoms with Crippen LogP contribution in [0.25, 0.3) is 6.08 Å². The quantitative estimate of drug-likeness (QED) is 0.363. The molecular weight excluding hydrogens is 368 g/mol. The Balaban J connectivity index is 1.64. The summed E-state index contributed by atoms with van der Waals surface area (Å²) in [6.07, 6.45) is 3.22. The summed E-state index contributed by atoms with van der Waals surface area (Å²) in [6.45, 7) is 6.17. The smallest absolute Gasteiger partial charge is 0.187 e. The zero-order valence-electron chi connectivity index (χ0n) is 14.8. The van der Waals surface area contributed by atoms with Gasteiger partial charge in [0.25, 0.3) is 0 Å². The van der Waals surface area contributed by atoms with Gasteiger partial charge in [-0.05, 0) is 62.8 Å². The van der Waals surface area contributed by atoms with Crippen molar-refractivity contribution < 1.29 is 13.9 Å². The number of aryl methyl sites for hydroxylation is 3. The molecule has 134 valence electrons. The van der Waals surface area contributed by atoms with E-state index in [1.165, 1.54) is 6.08 Å². The molecule has 2 heterocycles. The first kappa shape index (κ1) is 18.5. The van der Waals surface area contributed by atoms with E-state index in [0.717, 1.165) is 20.9 Å². The topological polar surface area (TPSA) is 39.4 Å². The molecule has 3 aromatic rings. The summed E-state index contributed by atoms with van der Waals surface area (Å²) >= 11 is 7.78. The maximum absolute atomic E-state index is 12.3. The average molecular weight is 387 g/mol. The van der Waals surface area contributed by atoms with Crippen LogP contribution in [-0.4, -0.2) is 5.78 Å². The summed E-state index contributed by atoms with van der Waals surface area (Å²) in [6, 6.07) is 11.2. The Morgan fingerprint density at radius 2 is 2.04 bits per heavy atom. The number of hydrogen-bond donors (Lipinski definition) is 0. The van der Waals surface area contributed by atoms with Gasteiger partial charge in [-0.25, -0.2) is 0 Å². The van der Waals surface area contributed by atoms with Gasteiger partial charge in [0.15, 0.2) is 5.78 Å². The Bertz CT molecular complexity index is 945. The highest BCUT2D eigenvalue weighted by atomic mass is 35.5. The molecule has 0 atom stereocenters. The fourth-order valence-corrected chi connectivity index (χ4v) is 3.83. The van der Waals surface area contributed by atoms with E-state index in [0.29, 0.717) is 22.3 Å². The molecule has 0 radical (unpaired) electrons. The Labute approximate surface area is 161 Å². The van der Waals surface area contributed by atoms with Crippen LogP contribution in [0.3, 0.4) is 0 Å². The van der Waals surface area contributed by atoms with Gasteiger partial charge >= 0.3 is 0 Å². The van der Waals surface area contributed by atoms with Crippen molar-refractivity contribution in [3.63, 3.8) is 0 Å². The van der Waals surface area contributed by atoms with E-state index in [9.17, 15) is 4.79 Å². The second-order valence-electron chi connectivity index (χ2n) is 6.00. The number of carbonyl (C=O) groups is 1. The van der Waals surface area contributed by atoms with Crippen molar-refractivity contribution in [2.45, 2.75) is 27.4 Å². The van der Waals surface area contributed by atoms with E-state index in [1.54, 1.807) is 23.5 Å². The molecule has 0 aliphatic carbocycles. The molecule has 0 amide bonds. The van der Waals surface area contributed by atoms with Crippen molar-refractivity contribution >= 4 is 34.8 Å². The van der Waals surface area contributed by atoms with Gasteiger partial charge in [-0.1, -0.05) is 23.7 Å². The molecule has 0 spiro atoms. The van der Waals surface area contributed by atoms with Crippen molar-refractivity contribution in [3.05, 3.63) is 79.9 Å². The number of hydrogen-bond acceptors (Lipinski definition) is 4. The molecule has 26 heavy (non-hydrogen) atoms. The van der Waals surface area contributed by atoms with E-state index in [4.69, 9.17) is 20.8 Å². The molecule has 0 fully saturated rings. The highest BCUT2D eigenvalue weighted by molar-refractivity contribution is 7.12. The van der Waals surface area contributed by atoms with E-state index < -0.39 is 0 Å². The lowest BCUT2D eigenvalue weighted by Gasteiger charge is -2.09. The first-order valence-electron chi connectivity index (χ1n) is 8.20. The molecule has 3 nitrogen and oxygen atoms in total. The van der Waals surface area contributed by atoms with Crippen LogP contribution in [0.2, 0.25) is 5.02 Å². The van der Waals surface area contributed by atoms with Crippen LogP contribution in [-0.2, 0) is 6.61 Å². The fourth-order valence-electron chi connectivity index (χ4n) is 2.63. The first-order chi connectivity index (χ1) is 12.4. The Morgan fingerprint density at radius 1 is 1.23 bits per heavy atom. The third-order valence-electron chi connectivity index (χ3n) is 3.91. The zero-order valence-corrected chi connectivity index (χ0v) is 16.4. The summed E-state index contributed by atoms with van der Waals surface area (Å²) in [5.74, 6) is 1.91. The highest BCUT2D eigenvalue weighted by Crippen LogP contribution is 2.29. The van der Waals surface area contributed by atoms with Crippen LogP contribution in [0.15, 0.2) is 46.9 Å². The lowest BCUT2D eigenvalue weighted by molar-refractivity contribution is 0.104. The number of furan rings is 1. The second kappa shape index (κ2) is 7.94. The fraction of sp³-hybridized carbons (Fsp3) is 0.190. The minimum absolute atomic E-state index is 0.0206. The van der Waals surface area contributed by atoms with Gasteiger partial charge in [0.1, 0.15) is 23.9 Å². The lowest BCUT2D eigenvalue weighted by atomic mass is 10.1. The molecule has 0 aliphatic rings. The van der Waals surface area contributed by atoms with Crippen molar-refractivity contribution in [3.8, 4) is 5.75 Å². The number of halogens is 1. The Morgan fingerprint density at radius 3 is 2.73 bits per heavy atom. The molecule has 3 rings (SSSR count). The van der Waals surface area contributed by atoms with Crippen LogP contribution in [0.4, 0.5) is 0 Å². The average Bonchev–Trinajstić information content (AvgIpc) is 3.18. The van der Waals surface area contributed by atoms with E-state index in [2.05, 4.69) is 0 Å². The van der Waals surface area contributed by atoms with Gasteiger partial charge in [0.2, 0.25) is 0 Å². The van der Waals surface area contributed by atoms with Gasteiger partial charge in [-0.3, -0.25) is 4.79 Å². The molecule has 1 aromatic carbocycles.